The molecule has 4 aliphatic rings. The maximum atomic E-state index is 13.4. The van der Waals surface area contributed by atoms with Gasteiger partial charge in [0.15, 0.2) is 23.0 Å². The molecular formula is C27H31NO9. The molecule has 2 bridgehead atoms. The van der Waals surface area contributed by atoms with E-state index in [4.69, 9.17) is 28.4 Å². The molecule has 2 aliphatic carbocycles. The van der Waals surface area contributed by atoms with E-state index in [0.717, 1.165) is 11.1 Å². The van der Waals surface area contributed by atoms with Crippen LogP contribution in [0.5, 0.6) is 23.0 Å². The fraction of sp³-hybridized carbons (Fsp3) is 0.519. The summed E-state index contributed by atoms with van der Waals surface area (Å²) in [7, 11) is 6.06. The van der Waals surface area contributed by atoms with Gasteiger partial charge < -0.3 is 44.0 Å². The van der Waals surface area contributed by atoms with Crippen LogP contribution in [0.25, 0.3) is 0 Å². The van der Waals surface area contributed by atoms with Gasteiger partial charge in [0.2, 0.25) is 5.79 Å². The van der Waals surface area contributed by atoms with Crippen LogP contribution >= 0.6 is 0 Å². The Morgan fingerprint density at radius 1 is 1.05 bits per heavy atom. The van der Waals surface area contributed by atoms with E-state index in [2.05, 4.69) is 5.32 Å². The second-order valence-electron chi connectivity index (χ2n) is 10.1. The standard InChI is InChI=1S/C27H31NO9/c1-32-17-8-6-15-19-13-26-25(9-10-28-26,21(15)22(17)30)12-20(23(34-3)27(26,35-4)37-19)36-24(31)14-5-7-16(29)18(11-14)33-2/h5-8,11,19-20,23,28-30H,9-10,12-13H2,1-4H3/t19-,20-,23-,25-,26-,27-/m0/s1. The normalized spacial score (nSPS) is 35.0. The van der Waals surface area contributed by atoms with E-state index in [1.807, 2.05) is 6.07 Å². The van der Waals surface area contributed by atoms with Gasteiger partial charge in [0.25, 0.3) is 0 Å². The molecule has 6 rings (SSSR count). The lowest BCUT2D eigenvalue weighted by Crippen LogP contribution is -2.78. The van der Waals surface area contributed by atoms with E-state index in [1.54, 1.807) is 20.3 Å². The van der Waals surface area contributed by atoms with Crippen LogP contribution in [0.15, 0.2) is 30.3 Å². The first-order chi connectivity index (χ1) is 17.8. The third kappa shape index (κ3) is 2.87. The largest absolute Gasteiger partial charge is 0.504 e. The SMILES string of the molecule is COc1cc(C(=O)O[C@H]2C[C@]34CCN[C@@]35C[C@H](O[C@@]5(OC)[C@H]2OC)c2ccc(OC)c(O)c24)ccc1O. The topological polar surface area (TPSA) is 125 Å². The molecule has 3 N–H and O–H groups in total. The number of methoxy groups -OCH3 is 4. The molecule has 6 atom stereocenters. The van der Waals surface area contributed by atoms with Crippen LogP contribution < -0.4 is 14.8 Å². The minimum atomic E-state index is -1.29. The summed E-state index contributed by atoms with van der Waals surface area (Å²) in [5, 5.41) is 25.1. The van der Waals surface area contributed by atoms with Crippen molar-refractivity contribution < 1.29 is 43.4 Å². The molecule has 2 aromatic rings. The molecule has 10 heteroatoms. The van der Waals surface area contributed by atoms with Gasteiger partial charge in [0.1, 0.15) is 12.2 Å². The number of carbonyl (C=O) groups is 1. The molecule has 2 aromatic carbocycles. The third-order valence-electron chi connectivity index (χ3n) is 8.91. The van der Waals surface area contributed by atoms with E-state index in [9.17, 15) is 15.0 Å². The second-order valence-corrected chi connectivity index (χ2v) is 10.1. The second kappa shape index (κ2) is 8.22. The first-order valence-electron chi connectivity index (χ1n) is 12.3. The molecule has 3 fully saturated rings. The molecule has 2 saturated heterocycles. The van der Waals surface area contributed by atoms with Gasteiger partial charge in [-0.3, -0.25) is 0 Å². The van der Waals surface area contributed by atoms with Crippen molar-refractivity contribution in [1.29, 1.82) is 0 Å². The van der Waals surface area contributed by atoms with Crippen LogP contribution in [0.3, 0.4) is 0 Å². The lowest BCUT2D eigenvalue weighted by atomic mass is 9.50. The number of fused-ring (bicyclic) bond motifs is 3. The summed E-state index contributed by atoms with van der Waals surface area (Å²) in [4.78, 5) is 13.4. The number of benzene rings is 2. The summed E-state index contributed by atoms with van der Waals surface area (Å²) < 4.78 is 35.7. The van der Waals surface area contributed by atoms with Crippen molar-refractivity contribution in [3.8, 4) is 23.0 Å². The molecule has 0 radical (unpaired) electrons. The molecule has 10 nitrogen and oxygen atoms in total. The monoisotopic (exact) mass is 513 g/mol. The van der Waals surface area contributed by atoms with Gasteiger partial charge in [-0.15, -0.1) is 0 Å². The van der Waals surface area contributed by atoms with Crippen LogP contribution in [0.4, 0.5) is 0 Å². The number of phenolic OH excluding ortho intramolecular Hbond substituents is 2. The summed E-state index contributed by atoms with van der Waals surface area (Å²) in [6, 6.07) is 7.96. The average Bonchev–Trinajstić information content (AvgIpc) is 3.44. The summed E-state index contributed by atoms with van der Waals surface area (Å²) in [5.41, 5.74) is 0.435. The van der Waals surface area contributed by atoms with Crippen molar-refractivity contribution in [1.82, 2.24) is 5.32 Å². The minimum Gasteiger partial charge on any atom is -0.504 e. The van der Waals surface area contributed by atoms with Gasteiger partial charge >= 0.3 is 5.97 Å². The molecule has 0 aromatic heterocycles. The zero-order valence-corrected chi connectivity index (χ0v) is 21.2. The molecule has 37 heavy (non-hydrogen) atoms. The van der Waals surface area contributed by atoms with Crippen LogP contribution in [-0.2, 0) is 24.4 Å². The van der Waals surface area contributed by atoms with Crippen molar-refractivity contribution in [2.24, 2.45) is 0 Å². The van der Waals surface area contributed by atoms with E-state index in [-0.39, 0.29) is 28.9 Å². The smallest absolute Gasteiger partial charge is 0.338 e. The number of rotatable bonds is 6. The molecule has 1 saturated carbocycles. The Morgan fingerprint density at radius 3 is 2.54 bits per heavy atom. The Labute approximate surface area is 214 Å². The molecule has 0 amide bonds. The Bertz CT molecular complexity index is 1270. The lowest BCUT2D eigenvalue weighted by Gasteiger charge is -2.59. The van der Waals surface area contributed by atoms with Gasteiger partial charge in [0.05, 0.1) is 31.4 Å². The Kier molecular flexibility index (Phi) is 5.40. The van der Waals surface area contributed by atoms with Crippen LogP contribution in [-0.4, -0.2) is 74.7 Å². The average molecular weight is 514 g/mol. The number of nitrogens with one attached hydrogen (secondary N) is 1. The highest BCUT2D eigenvalue weighted by atomic mass is 16.7. The predicted molar refractivity (Wildman–Crippen MR) is 129 cm³/mol. The summed E-state index contributed by atoms with van der Waals surface area (Å²) in [5.74, 6) is -1.37. The highest BCUT2D eigenvalue weighted by Crippen LogP contribution is 2.71. The van der Waals surface area contributed by atoms with Gasteiger partial charge in [-0.05, 0) is 49.2 Å². The van der Waals surface area contributed by atoms with Gasteiger partial charge in [0, 0.05) is 31.6 Å². The molecular weight excluding hydrogens is 482 g/mol. The zero-order chi connectivity index (χ0) is 26.2. The first kappa shape index (κ1) is 24.3. The van der Waals surface area contributed by atoms with Crippen LogP contribution in [0.1, 0.15) is 46.9 Å². The molecule has 2 aliphatic heterocycles. The number of hydrogen-bond donors (Lipinski definition) is 3. The maximum Gasteiger partial charge on any atom is 0.338 e. The van der Waals surface area contributed by atoms with Gasteiger partial charge in [-0.1, -0.05) is 6.07 Å². The number of aromatic hydroxyl groups is 2. The zero-order valence-electron chi connectivity index (χ0n) is 21.2. The molecule has 2 heterocycles. The van der Waals surface area contributed by atoms with Crippen molar-refractivity contribution in [3.63, 3.8) is 0 Å². The maximum absolute atomic E-state index is 13.4. The van der Waals surface area contributed by atoms with Crippen LogP contribution in [0.2, 0.25) is 0 Å². The summed E-state index contributed by atoms with van der Waals surface area (Å²) in [6.45, 7) is 0.656. The van der Waals surface area contributed by atoms with Crippen LogP contribution in [0, 0.1) is 0 Å². The lowest BCUT2D eigenvalue weighted by molar-refractivity contribution is -0.326. The number of esters is 1. The van der Waals surface area contributed by atoms with Gasteiger partial charge in [-0.2, -0.15) is 0 Å². The third-order valence-corrected chi connectivity index (χ3v) is 8.91. The fourth-order valence-corrected chi connectivity index (χ4v) is 7.55. The molecule has 198 valence electrons. The van der Waals surface area contributed by atoms with E-state index < -0.39 is 34.9 Å². The van der Waals surface area contributed by atoms with Gasteiger partial charge in [-0.25, -0.2) is 4.79 Å². The van der Waals surface area contributed by atoms with E-state index in [0.29, 0.717) is 31.6 Å². The highest BCUT2D eigenvalue weighted by Gasteiger charge is 2.81. The Hall–Kier alpha value is -3.05. The summed E-state index contributed by atoms with van der Waals surface area (Å²) >= 11 is 0. The number of phenols is 2. The Morgan fingerprint density at radius 2 is 1.84 bits per heavy atom. The number of ether oxygens (including phenoxy) is 6. The first-order valence-corrected chi connectivity index (χ1v) is 12.3. The Balaban J connectivity index is 1.49. The van der Waals surface area contributed by atoms with Crippen molar-refractivity contribution in [2.45, 2.75) is 54.3 Å². The molecule has 0 unspecified atom stereocenters. The molecule has 1 spiro atoms. The number of hydrogen-bond acceptors (Lipinski definition) is 10. The predicted octanol–water partition coefficient (Wildman–Crippen LogP) is 2.55. The van der Waals surface area contributed by atoms with Crippen molar-refractivity contribution >= 4 is 5.97 Å². The van der Waals surface area contributed by atoms with E-state index in [1.165, 1.54) is 32.4 Å². The van der Waals surface area contributed by atoms with Crippen molar-refractivity contribution in [2.75, 3.05) is 35.0 Å². The minimum absolute atomic E-state index is 0.0671. The fourth-order valence-electron chi connectivity index (χ4n) is 7.55. The van der Waals surface area contributed by atoms with Crippen molar-refractivity contribution in [3.05, 3.63) is 47.0 Å². The highest BCUT2D eigenvalue weighted by molar-refractivity contribution is 5.90. The van der Waals surface area contributed by atoms with E-state index >= 15 is 0 Å². The number of carbonyl (C=O) groups excluding carboxylic acids is 1. The summed E-state index contributed by atoms with van der Waals surface area (Å²) in [6.07, 6.45) is -0.245. The quantitative estimate of drug-likeness (QED) is 0.496.